The highest BCUT2D eigenvalue weighted by atomic mass is 32.1. The standard InChI is InChI=1S/C25H25N3O6S/c1-32-18-7-4-6-17(12-18)28-24(30)22(27(25(28)31)15-21-8-5-9-35-21)14-23(29)26-16-10-19(33-2)13-20(11-16)34-3/h4-13,22H,14-15H2,1-3H3,(H,26,29)/t22-/m1/s1. The first-order valence-electron chi connectivity index (χ1n) is 10.8. The van der Waals surface area contributed by atoms with Gasteiger partial charge >= 0.3 is 6.03 Å². The van der Waals surface area contributed by atoms with E-state index in [1.54, 1.807) is 42.5 Å². The second-order valence-corrected chi connectivity index (χ2v) is 8.77. The number of carbonyl (C=O) groups is 3. The highest BCUT2D eigenvalue weighted by Gasteiger charge is 2.46. The van der Waals surface area contributed by atoms with Gasteiger partial charge in [-0.1, -0.05) is 12.1 Å². The fourth-order valence-electron chi connectivity index (χ4n) is 3.84. The molecular formula is C25H25N3O6S. The van der Waals surface area contributed by atoms with Gasteiger partial charge < -0.3 is 24.4 Å². The van der Waals surface area contributed by atoms with E-state index in [4.69, 9.17) is 14.2 Å². The summed E-state index contributed by atoms with van der Waals surface area (Å²) in [6.45, 7) is 0.216. The molecule has 1 atom stereocenters. The van der Waals surface area contributed by atoms with Crippen molar-refractivity contribution in [2.75, 3.05) is 31.5 Å². The summed E-state index contributed by atoms with van der Waals surface area (Å²) in [6, 6.07) is 14.0. The van der Waals surface area contributed by atoms with Crippen molar-refractivity contribution in [3.05, 3.63) is 64.9 Å². The van der Waals surface area contributed by atoms with Gasteiger partial charge in [0, 0.05) is 34.8 Å². The number of hydrogen-bond donors (Lipinski definition) is 1. The lowest BCUT2D eigenvalue weighted by Gasteiger charge is -2.21. The quantitative estimate of drug-likeness (QED) is 0.448. The van der Waals surface area contributed by atoms with Crippen molar-refractivity contribution in [2.24, 2.45) is 0 Å². The summed E-state index contributed by atoms with van der Waals surface area (Å²) in [5.74, 6) is 0.639. The highest BCUT2D eigenvalue weighted by Crippen LogP contribution is 2.32. The van der Waals surface area contributed by atoms with E-state index in [-0.39, 0.29) is 13.0 Å². The first-order valence-corrected chi connectivity index (χ1v) is 11.7. The molecule has 2 heterocycles. The van der Waals surface area contributed by atoms with Crippen LogP contribution in [-0.2, 0) is 16.1 Å². The first kappa shape index (κ1) is 24.1. The molecule has 0 bridgehead atoms. The molecule has 3 aromatic rings. The predicted molar refractivity (Wildman–Crippen MR) is 132 cm³/mol. The maximum atomic E-state index is 13.4. The van der Waals surface area contributed by atoms with Crippen molar-refractivity contribution in [1.82, 2.24) is 4.90 Å². The van der Waals surface area contributed by atoms with Gasteiger partial charge in [0.2, 0.25) is 5.91 Å². The molecule has 0 radical (unpaired) electrons. The predicted octanol–water partition coefficient (Wildman–Crippen LogP) is 4.14. The van der Waals surface area contributed by atoms with E-state index in [1.807, 2.05) is 17.5 Å². The molecule has 1 saturated heterocycles. The molecule has 0 spiro atoms. The Kier molecular flexibility index (Phi) is 7.21. The van der Waals surface area contributed by atoms with Crippen LogP contribution in [0.2, 0.25) is 0 Å². The van der Waals surface area contributed by atoms with E-state index < -0.39 is 23.9 Å². The molecule has 0 saturated carbocycles. The van der Waals surface area contributed by atoms with Crippen molar-refractivity contribution in [2.45, 2.75) is 19.0 Å². The van der Waals surface area contributed by atoms with Gasteiger partial charge in [-0.2, -0.15) is 0 Å². The summed E-state index contributed by atoms with van der Waals surface area (Å²) in [4.78, 5) is 43.3. The van der Waals surface area contributed by atoms with Crippen molar-refractivity contribution >= 4 is 40.6 Å². The van der Waals surface area contributed by atoms with Crippen molar-refractivity contribution in [1.29, 1.82) is 0 Å². The molecule has 1 aliphatic rings. The smallest absolute Gasteiger partial charge is 0.332 e. The summed E-state index contributed by atoms with van der Waals surface area (Å²) in [5, 5.41) is 4.68. The Bertz CT molecular complexity index is 1210. The zero-order valence-corrected chi connectivity index (χ0v) is 20.3. The topological polar surface area (TPSA) is 97.4 Å². The zero-order valence-electron chi connectivity index (χ0n) is 19.5. The van der Waals surface area contributed by atoms with Crippen LogP contribution in [0.5, 0.6) is 17.2 Å². The molecule has 182 valence electrons. The van der Waals surface area contributed by atoms with Crippen molar-refractivity contribution in [3.63, 3.8) is 0 Å². The Morgan fingerprint density at radius 3 is 2.29 bits per heavy atom. The number of carbonyl (C=O) groups excluding carboxylic acids is 3. The lowest BCUT2D eigenvalue weighted by atomic mass is 10.1. The fraction of sp³-hybridized carbons (Fsp3) is 0.240. The number of amides is 4. The molecule has 1 aliphatic heterocycles. The lowest BCUT2D eigenvalue weighted by Crippen LogP contribution is -2.37. The van der Waals surface area contributed by atoms with Crippen LogP contribution in [-0.4, -0.2) is 50.1 Å². The van der Waals surface area contributed by atoms with Gasteiger partial charge in [0.05, 0.1) is 40.0 Å². The van der Waals surface area contributed by atoms with E-state index >= 15 is 0 Å². The summed E-state index contributed by atoms with van der Waals surface area (Å²) in [6.07, 6.45) is -0.212. The SMILES string of the molecule is COc1cc(NC(=O)C[C@@H]2C(=O)N(c3cccc(OC)c3)C(=O)N2Cc2cccs2)cc(OC)c1. The number of anilines is 2. The van der Waals surface area contributed by atoms with Crippen LogP contribution >= 0.6 is 11.3 Å². The summed E-state index contributed by atoms with van der Waals surface area (Å²) >= 11 is 1.48. The van der Waals surface area contributed by atoms with Gasteiger partial charge in [-0.05, 0) is 23.6 Å². The Labute approximate surface area is 206 Å². The number of nitrogens with zero attached hydrogens (tertiary/aromatic N) is 2. The number of imide groups is 1. The number of methoxy groups -OCH3 is 3. The van der Waals surface area contributed by atoms with E-state index in [0.29, 0.717) is 28.6 Å². The minimum absolute atomic E-state index is 0.212. The first-order chi connectivity index (χ1) is 16.9. The molecule has 4 rings (SSSR count). The van der Waals surface area contributed by atoms with Crippen molar-refractivity contribution < 1.29 is 28.6 Å². The second-order valence-electron chi connectivity index (χ2n) is 7.73. The van der Waals surface area contributed by atoms with Gasteiger partial charge in [0.25, 0.3) is 5.91 Å². The Morgan fingerprint density at radius 1 is 0.943 bits per heavy atom. The van der Waals surface area contributed by atoms with Crippen LogP contribution in [0.15, 0.2) is 60.0 Å². The molecule has 10 heteroatoms. The third kappa shape index (κ3) is 5.22. The summed E-state index contributed by atoms with van der Waals surface area (Å²) < 4.78 is 15.7. The fourth-order valence-corrected chi connectivity index (χ4v) is 4.54. The number of thiophene rings is 1. The number of nitrogens with one attached hydrogen (secondary N) is 1. The van der Waals surface area contributed by atoms with Crippen LogP contribution < -0.4 is 24.4 Å². The molecule has 9 nitrogen and oxygen atoms in total. The van der Waals surface area contributed by atoms with Gasteiger partial charge in [-0.3, -0.25) is 9.59 Å². The van der Waals surface area contributed by atoms with Crippen LogP contribution in [0, 0.1) is 0 Å². The molecule has 1 N–H and O–H groups in total. The maximum Gasteiger partial charge on any atom is 0.332 e. The normalized spacial score (nSPS) is 15.3. The van der Waals surface area contributed by atoms with Crippen LogP contribution in [0.25, 0.3) is 0 Å². The van der Waals surface area contributed by atoms with E-state index in [2.05, 4.69) is 5.32 Å². The Balaban J connectivity index is 1.59. The zero-order chi connectivity index (χ0) is 24.9. The molecule has 0 unspecified atom stereocenters. The molecule has 35 heavy (non-hydrogen) atoms. The molecular weight excluding hydrogens is 470 g/mol. The number of rotatable bonds is 9. The molecule has 1 fully saturated rings. The number of hydrogen-bond acceptors (Lipinski definition) is 7. The third-order valence-corrected chi connectivity index (χ3v) is 6.41. The van der Waals surface area contributed by atoms with Gasteiger partial charge in [0.1, 0.15) is 23.3 Å². The number of benzene rings is 2. The lowest BCUT2D eigenvalue weighted by molar-refractivity contribution is -0.124. The number of ether oxygens (including phenoxy) is 3. The van der Waals surface area contributed by atoms with Crippen LogP contribution in [0.1, 0.15) is 11.3 Å². The van der Waals surface area contributed by atoms with Gasteiger partial charge in [-0.25, -0.2) is 9.69 Å². The monoisotopic (exact) mass is 495 g/mol. The average molecular weight is 496 g/mol. The third-order valence-electron chi connectivity index (χ3n) is 5.55. The van der Waals surface area contributed by atoms with E-state index in [1.165, 1.54) is 37.6 Å². The van der Waals surface area contributed by atoms with Gasteiger partial charge in [-0.15, -0.1) is 11.3 Å². The van der Waals surface area contributed by atoms with E-state index in [9.17, 15) is 14.4 Å². The molecule has 0 aliphatic carbocycles. The minimum atomic E-state index is -0.969. The van der Waals surface area contributed by atoms with Crippen molar-refractivity contribution in [3.8, 4) is 17.2 Å². The van der Waals surface area contributed by atoms with Crippen LogP contribution in [0.3, 0.4) is 0 Å². The van der Waals surface area contributed by atoms with Gasteiger partial charge in [0.15, 0.2) is 0 Å². The molecule has 4 amide bonds. The Morgan fingerprint density at radius 2 is 1.66 bits per heavy atom. The minimum Gasteiger partial charge on any atom is -0.497 e. The number of urea groups is 1. The van der Waals surface area contributed by atoms with E-state index in [0.717, 1.165) is 9.78 Å². The second kappa shape index (κ2) is 10.5. The summed E-state index contributed by atoms with van der Waals surface area (Å²) in [5.41, 5.74) is 0.841. The summed E-state index contributed by atoms with van der Waals surface area (Å²) in [7, 11) is 4.54. The average Bonchev–Trinajstić information content (AvgIpc) is 3.46. The Hall–Kier alpha value is -4.05. The maximum absolute atomic E-state index is 13.4. The largest absolute Gasteiger partial charge is 0.497 e. The molecule has 2 aromatic carbocycles. The highest BCUT2D eigenvalue weighted by molar-refractivity contribution is 7.09. The van der Waals surface area contributed by atoms with Crippen LogP contribution in [0.4, 0.5) is 16.2 Å². The molecule has 1 aromatic heterocycles.